The van der Waals surface area contributed by atoms with Crippen LogP contribution in [0.5, 0.6) is 0 Å². The number of aliphatic imine (C=N–C) groups is 1. The van der Waals surface area contributed by atoms with Gasteiger partial charge in [-0.3, -0.25) is 0 Å². The summed E-state index contributed by atoms with van der Waals surface area (Å²) in [6.07, 6.45) is -0.717. The molecule has 1 amide bonds. The maximum Gasteiger partial charge on any atom is 0.436 e. The first kappa shape index (κ1) is 9.85. The molecule has 0 saturated carbocycles. The zero-order valence-corrected chi connectivity index (χ0v) is 8.73. The van der Waals surface area contributed by atoms with Gasteiger partial charge in [-0.1, -0.05) is 6.07 Å². The molecule has 15 heavy (non-hydrogen) atoms. The number of benzene rings is 1. The number of nitrogens with zero attached hydrogens (tertiary/aromatic N) is 3. The van der Waals surface area contributed by atoms with Gasteiger partial charge in [0, 0.05) is 4.90 Å². The summed E-state index contributed by atoms with van der Waals surface area (Å²) in [4.78, 5) is 23.2. The number of fused-ring (bicyclic) bond motifs is 1. The number of ether oxygens (including phenoxy) is 1. The van der Waals surface area contributed by atoms with E-state index >= 15 is 0 Å². The quantitative estimate of drug-likeness (QED) is 0.642. The number of rotatable bonds is 0. The van der Waals surface area contributed by atoms with Crippen molar-refractivity contribution in [2.75, 3.05) is 7.11 Å². The molecule has 0 spiro atoms. The van der Waals surface area contributed by atoms with Gasteiger partial charge in [0.15, 0.2) is 0 Å². The van der Waals surface area contributed by atoms with E-state index in [9.17, 15) is 4.79 Å². The van der Waals surface area contributed by atoms with Crippen molar-refractivity contribution in [1.29, 1.82) is 0 Å². The molecular weight excluding hydrogens is 214 g/mol. The van der Waals surface area contributed by atoms with E-state index in [0.29, 0.717) is 15.6 Å². The lowest BCUT2D eigenvalue weighted by atomic mass is 10.3. The second kappa shape index (κ2) is 3.82. The smallest absolute Gasteiger partial charge is 0.436 e. The Morgan fingerprint density at radius 2 is 2.27 bits per heavy atom. The Kier molecular flexibility index (Phi) is 2.51. The van der Waals surface area contributed by atoms with Gasteiger partial charge in [-0.2, -0.15) is 0 Å². The van der Waals surface area contributed by atoms with Crippen LogP contribution >= 0.6 is 12.6 Å². The standard InChI is InChI=1S/C9H7N3O2S/c1-14-9(13)12-8-10-5-3-2-4-6(15)7(5)11-8/h2-4,15H,1H3. The molecule has 0 atom stereocenters. The van der Waals surface area contributed by atoms with Crippen molar-refractivity contribution in [3.63, 3.8) is 0 Å². The maximum absolute atomic E-state index is 10.9. The molecule has 1 aromatic carbocycles. The minimum atomic E-state index is -0.717. The molecule has 0 N–H and O–H groups in total. The van der Waals surface area contributed by atoms with Crippen LogP contribution in [0.3, 0.4) is 0 Å². The van der Waals surface area contributed by atoms with Gasteiger partial charge in [0.05, 0.1) is 12.5 Å². The van der Waals surface area contributed by atoms with Crippen LogP contribution in [0.1, 0.15) is 0 Å². The molecule has 1 aliphatic heterocycles. The fourth-order valence-electron chi connectivity index (χ4n) is 1.13. The third-order valence-electron chi connectivity index (χ3n) is 1.79. The molecular formula is C9H7N3O2S. The van der Waals surface area contributed by atoms with Crippen molar-refractivity contribution in [2.45, 2.75) is 4.90 Å². The van der Waals surface area contributed by atoms with E-state index in [1.165, 1.54) is 7.11 Å². The summed E-state index contributed by atoms with van der Waals surface area (Å²) in [5.74, 6) is 0.0957. The van der Waals surface area contributed by atoms with E-state index in [1.54, 1.807) is 18.2 Å². The summed E-state index contributed by atoms with van der Waals surface area (Å²) in [6.45, 7) is 0. The molecule has 0 aromatic heterocycles. The summed E-state index contributed by atoms with van der Waals surface area (Å²) in [5, 5.41) is 1.29. The predicted molar refractivity (Wildman–Crippen MR) is 55.8 cm³/mol. The second-order valence-corrected chi connectivity index (χ2v) is 3.23. The Bertz CT molecular complexity index is 565. The Labute approximate surface area is 90.6 Å². The van der Waals surface area contributed by atoms with Crippen LogP contribution in [-0.4, -0.2) is 19.2 Å². The number of carbonyl (C=O) groups excluding carboxylic acids is 1. The lowest BCUT2D eigenvalue weighted by molar-refractivity contribution is 0.182. The van der Waals surface area contributed by atoms with Crippen LogP contribution in [0.2, 0.25) is 0 Å². The second-order valence-electron chi connectivity index (χ2n) is 2.75. The number of thiol groups is 1. The van der Waals surface area contributed by atoms with Crippen LogP contribution in [0.4, 0.5) is 4.79 Å². The summed E-state index contributed by atoms with van der Waals surface area (Å²) < 4.78 is 4.38. The highest BCUT2D eigenvalue weighted by Crippen LogP contribution is 1.97. The number of hydrogen-bond acceptors (Lipinski definition) is 3. The van der Waals surface area contributed by atoms with Crippen molar-refractivity contribution in [3.8, 4) is 0 Å². The predicted octanol–water partition coefficient (Wildman–Crippen LogP) is 0.351. The number of para-hydroxylation sites is 1. The van der Waals surface area contributed by atoms with E-state index in [-0.39, 0.29) is 5.96 Å². The molecule has 76 valence electrons. The van der Waals surface area contributed by atoms with Gasteiger partial charge in [0.1, 0.15) is 5.36 Å². The number of methoxy groups -OCH3 is 1. The number of guanidine groups is 1. The fourth-order valence-corrected chi connectivity index (χ4v) is 1.38. The molecule has 1 heterocycles. The average Bonchev–Trinajstić information content (AvgIpc) is 2.62. The minimum absolute atomic E-state index is 0.0957. The number of hydrogen-bond donors (Lipinski definition) is 1. The normalized spacial score (nSPS) is 15.5. The van der Waals surface area contributed by atoms with Gasteiger partial charge < -0.3 is 4.74 Å². The molecule has 2 rings (SSSR count). The fraction of sp³-hybridized carbons (Fsp3) is 0.111. The van der Waals surface area contributed by atoms with Gasteiger partial charge in [0.25, 0.3) is 5.96 Å². The molecule has 0 fully saturated rings. The Morgan fingerprint density at radius 3 is 2.93 bits per heavy atom. The maximum atomic E-state index is 10.9. The van der Waals surface area contributed by atoms with Gasteiger partial charge in [-0.25, -0.2) is 14.8 Å². The lowest BCUT2D eigenvalue weighted by Crippen LogP contribution is -2.22. The zero-order valence-electron chi connectivity index (χ0n) is 7.84. The Hall–Kier alpha value is -1.69. The minimum Gasteiger partial charge on any atom is -0.451 e. The van der Waals surface area contributed by atoms with Crippen LogP contribution in [0.15, 0.2) is 38.1 Å². The highest BCUT2D eigenvalue weighted by Gasteiger charge is 2.07. The molecule has 0 radical (unpaired) electrons. The molecule has 1 aliphatic rings. The molecule has 0 saturated heterocycles. The molecule has 0 aliphatic carbocycles. The summed E-state index contributed by atoms with van der Waals surface area (Å²) in [5.41, 5.74) is 0. The van der Waals surface area contributed by atoms with Crippen LogP contribution < -0.4 is 10.7 Å². The van der Waals surface area contributed by atoms with Crippen molar-refractivity contribution >= 4 is 24.7 Å². The third kappa shape index (κ3) is 1.89. The lowest BCUT2D eigenvalue weighted by Gasteiger charge is -1.88. The first-order chi connectivity index (χ1) is 7.20. The van der Waals surface area contributed by atoms with Gasteiger partial charge in [0.2, 0.25) is 0 Å². The first-order valence-electron chi connectivity index (χ1n) is 4.13. The Balaban J connectivity index is 2.52. The van der Waals surface area contributed by atoms with E-state index in [1.807, 2.05) is 0 Å². The molecule has 1 aromatic rings. The van der Waals surface area contributed by atoms with Gasteiger partial charge >= 0.3 is 6.09 Å². The summed E-state index contributed by atoms with van der Waals surface area (Å²) in [6, 6.07) is 5.38. The molecule has 0 unspecified atom stereocenters. The van der Waals surface area contributed by atoms with Crippen LogP contribution in [-0.2, 0) is 4.74 Å². The zero-order chi connectivity index (χ0) is 10.8. The number of carbonyl (C=O) groups is 1. The van der Waals surface area contributed by atoms with Crippen LogP contribution in [0, 0.1) is 0 Å². The highest BCUT2D eigenvalue weighted by molar-refractivity contribution is 7.80. The van der Waals surface area contributed by atoms with E-state index in [0.717, 1.165) is 0 Å². The van der Waals surface area contributed by atoms with E-state index < -0.39 is 6.09 Å². The van der Waals surface area contributed by atoms with E-state index in [2.05, 4.69) is 32.3 Å². The summed E-state index contributed by atoms with van der Waals surface area (Å²) in [7, 11) is 1.25. The molecule has 0 bridgehead atoms. The van der Waals surface area contributed by atoms with Gasteiger partial charge in [-0.05, 0) is 12.1 Å². The van der Waals surface area contributed by atoms with Crippen molar-refractivity contribution < 1.29 is 9.53 Å². The highest BCUT2D eigenvalue weighted by atomic mass is 32.1. The summed E-state index contributed by atoms with van der Waals surface area (Å²) >= 11 is 4.22. The molecule has 6 heteroatoms. The van der Waals surface area contributed by atoms with Crippen molar-refractivity contribution in [2.24, 2.45) is 15.0 Å². The topological polar surface area (TPSA) is 63.4 Å². The number of amides is 1. The Morgan fingerprint density at radius 1 is 1.47 bits per heavy atom. The average molecular weight is 221 g/mol. The third-order valence-corrected chi connectivity index (χ3v) is 2.15. The van der Waals surface area contributed by atoms with Crippen LogP contribution in [0.25, 0.3) is 0 Å². The largest absolute Gasteiger partial charge is 0.451 e. The van der Waals surface area contributed by atoms with Gasteiger partial charge in [-0.15, -0.1) is 17.6 Å². The SMILES string of the molecule is COC(=O)N=C1N=c2cccc(S)c2=N1. The first-order valence-corrected chi connectivity index (χ1v) is 4.57. The monoisotopic (exact) mass is 221 g/mol. The molecule has 5 nitrogen and oxygen atoms in total. The van der Waals surface area contributed by atoms with Crippen molar-refractivity contribution in [1.82, 2.24) is 0 Å². The van der Waals surface area contributed by atoms with Crippen molar-refractivity contribution in [3.05, 3.63) is 28.9 Å². The van der Waals surface area contributed by atoms with E-state index in [4.69, 9.17) is 0 Å².